The van der Waals surface area contributed by atoms with Crippen LogP contribution in [0.3, 0.4) is 0 Å². The molecule has 0 unspecified atom stereocenters. The van der Waals surface area contributed by atoms with Gasteiger partial charge in [0.1, 0.15) is 5.82 Å². The van der Waals surface area contributed by atoms with Gasteiger partial charge in [-0.25, -0.2) is 18.2 Å². The summed E-state index contributed by atoms with van der Waals surface area (Å²) in [6.45, 7) is 2.17. The van der Waals surface area contributed by atoms with Crippen molar-refractivity contribution in [3.05, 3.63) is 58.8 Å². The molecule has 1 amide bonds. The lowest BCUT2D eigenvalue weighted by atomic mass is 9.99. The number of amides is 1. The first-order valence-electron chi connectivity index (χ1n) is 8.68. The van der Waals surface area contributed by atoms with Crippen LogP contribution in [0.1, 0.15) is 27.2 Å². The summed E-state index contributed by atoms with van der Waals surface area (Å²) in [4.78, 5) is 29.3. The fraction of sp³-hybridized carbons (Fsp3) is 0.263. The number of pyridine rings is 1. The van der Waals surface area contributed by atoms with Crippen LogP contribution in [0.25, 0.3) is 0 Å². The normalized spacial score (nSPS) is 14.0. The number of carboxylic acids is 1. The Hall–Kier alpha value is -3.45. The molecule has 2 heterocycles. The number of nitrogens with zero attached hydrogens (tertiary/aromatic N) is 3. The van der Waals surface area contributed by atoms with E-state index in [2.05, 4.69) is 9.71 Å². The lowest BCUT2D eigenvalue weighted by Gasteiger charge is -2.39. The van der Waals surface area contributed by atoms with Gasteiger partial charge in [-0.1, -0.05) is 12.1 Å². The van der Waals surface area contributed by atoms with Crippen molar-refractivity contribution in [3.8, 4) is 6.07 Å². The summed E-state index contributed by atoms with van der Waals surface area (Å²) in [6, 6.07) is 11.1. The van der Waals surface area contributed by atoms with Crippen molar-refractivity contribution in [2.24, 2.45) is 5.92 Å². The zero-order chi connectivity index (χ0) is 21.2. The standard InChI is InChI=1S/C19H18N4O5S/c1-12-16(19(25)26)6-7-17(21-12)23-9-15(10-23)18(24)22-29(27,28)11-14-4-2-13(8-20)3-5-14/h2-7,15H,9-11H2,1H3,(H,22,24)(H,25,26). The Kier molecular flexibility index (Phi) is 5.52. The summed E-state index contributed by atoms with van der Waals surface area (Å²) in [5.41, 5.74) is 1.37. The summed E-state index contributed by atoms with van der Waals surface area (Å²) < 4.78 is 26.5. The second-order valence-corrected chi connectivity index (χ2v) is 8.47. The number of hydrogen-bond donors (Lipinski definition) is 2. The molecule has 0 bridgehead atoms. The number of sulfonamides is 1. The van der Waals surface area contributed by atoms with Crippen molar-refractivity contribution in [1.29, 1.82) is 5.26 Å². The molecule has 0 atom stereocenters. The molecule has 29 heavy (non-hydrogen) atoms. The maximum Gasteiger partial charge on any atom is 0.337 e. The molecule has 1 aliphatic rings. The third kappa shape index (κ3) is 4.70. The molecule has 1 fully saturated rings. The van der Waals surface area contributed by atoms with E-state index in [1.807, 2.05) is 6.07 Å². The molecule has 0 aliphatic carbocycles. The number of aromatic nitrogens is 1. The minimum absolute atomic E-state index is 0.109. The van der Waals surface area contributed by atoms with Crippen LogP contribution in [0.5, 0.6) is 0 Å². The van der Waals surface area contributed by atoms with Crippen LogP contribution >= 0.6 is 0 Å². The van der Waals surface area contributed by atoms with Gasteiger partial charge in [0.15, 0.2) is 0 Å². The number of carbonyl (C=O) groups is 2. The second-order valence-electron chi connectivity index (χ2n) is 6.74. The number of anilines is 1. The molecule has 1 aromatic carbocycles. The molecule has 10 heteroatoms. The molecule has 150 valence electrons. The van der Waals surface area contributed by atoms with Gasteiger partial charge >= 0.3 is 5.97 Å². The Morgan fingerprint density at radius 3 is 2.45 bits per heavy atom. The molecule has 2 aromatic rings. The van der Waals surface area contributed by atoms with Gasteiger partial charge in [0.05, 0.1) is 34.6 Å². The molecule has 0 spiro atoms. The van der Waals surface area contributed by atoms with Crippen LogP contribution in [0.2, 0.25) is 0 Å². The summed E-state index contributed by atoms with van der Waals surface area (Å²) in [6.07, 6.45) is 0. The molecule has 3 rings (SSSR count). The third-order valence-electron chi connectivity index (χ3n) is 4.57. The van der Waals surface area contributed by atoms with Gasteiger partial charge in [0.25, 0.3) is 0 Å². The van der Waals surface area contributed by atoms with E-state index in [0.29, 0.717) is 22.6 Å². The highest BCUT2D eigenvalue weighted by molar-refractivity contribution is 7.89. The quantitative estimate of drug-likeness (QED) is 0.714. The Bertz CT molecular complexity index is 1100. The van der Waals surface area contributed by atoms with Gasteiger partial charge in [0.2, 0.25) is 15.9 Å². The zero-order valence-corrected chi connectivity index (χ0v) is 16.3. The number of nitrogens with one attached hydrogen (secondary N) is 1. The van der Waals surface area contributed by atoms with E-state index in [1.165, 1.54) is 30.3 Å². The molecule has 1 aromatic heterocycles. The Labute approximate surface area is 167 Å². The lowest BCUT2D eigenvalue weighted by molar-refractivity contribution is -0.123. The number of benzene rings is 1. The number of rotatable bonds is 6. The topological polar surface area (TPSA) is 140 Å². The first-order valence-corrected chi connectivity index (χ1v) is 10.3. The van der Waals surface area contributed by atoms with Gasteiger partial charge in [-0.2, -0.15) is 5.26 Å². The van der Waals surface area contributed by atoms with Crippen LogP contribution in [0.15, 0.2) is 36.4 Å². The summed E-state index contributed by atoms with van der Waals surface area (Å²) in [7, 11) is -3.86. The van der Waals surface area contributed by atoms with Crippen LogP contribution in [0, 0.1) is 24.2 Å². The Morgan fingerprint density at radius 2 is 1.90 bits per heavy atom. The van der Waals surface area contributed by atoms with E-state index in [0.717, 1.165) is 0 Å². The zero-order valence-electron chi connectivity index (χ0n) is 15.5. The van der Waals surface area contributed by atoms with E-state index in [1.54, 1.807) is 17.9 Å². The predicted octanol–water partition coefficient (Wildman–Crippen LogP) is 1.04. The fourth-order valence-corrected chi connectivity index (χ4v) is 4.13. The SMILES string of the molecule is Cc1nc(N2CC(C(=O)NS(=O)(=O)Cc3ccc(C#N)cc3)C2)ccc1C(=O)O. The van der Waals surface area contributed by atoms with Crippen molar-refractivity contribution < 1.29 is 23.1 Å². The van der Waals surface area contributed by atoms with Crippen molar-refractivity contribution in [2.45, 2.75) is 12.7 Å². The lowest BCUT2D eigenvalue weighted by Crippen LogP contribution is -2.55. The number of hydrogen-bond acceptors (Lipinski definition) is 7. The molecular formula is C19H18N4O5S. The second kappa shape index (κ2) is 7.89. The van der Waals surface area contributed by atoms with Crippen molar-refractivity contribution in [1.82, 2.24) is 9.71 Å². The number of carbonyl (C=O) groups excluding carboxylic acids is 1. The number of aryl methyl sites for hydroxylation is 1. The summed E-state index contributed by atoms with van der Waals surface area (Å²) in [5.74, 6) is -1.98. The maximum absolute atomic E-state index is 12.3. The first-order chi connectivity index (χ1) is 13.7. The number of nitriles is 1. The highest BCUT2D eigenvalue weighted by Crippen LogP contribution is 2.24. The van der Waals surface area contributed by atoms with Crippen LogP contribution in [-0.2, 0) is 20.6 Å². The number of carboxylic acid groups (broad SMARTS) is 1. The smallest absolute Gasteiger partial charge is 0.337 e. The fourth-order valence-electron chi connectivity index (χ4n) is 2.95. The van der Waals surface area contributed by atoms with Crippen molar-refractivity contribution >= 4 is 27.7 Å². The van der Waals surface area contributed by atoms with E-state index in [9.17, 15) is 18.0 Å². The van der Waals surface area contributed by atoms with E-state index in [4.69, 9.17) is 10.4 Å². The summed E-state index contributed by atoms with van der Waals surface area (Å²) >= 11 is 0. The molecule has 9 nitrogen and oxygen atoms in total. The largest absolute Gasteiger partial charge is 0.478 e. The van der Waals surface area contributed by atoms with Gasteiger partial charge in [-0.15, -0.1) is 0 Å². The van der Waals surface area contributed by atoms with E-state index in [-0.39, 0.29) is 24.4 Å². The average Bonchev–Trinajstić information content (AvgIpc) is 2.60. The van der Waals surface area contributed by atoms with Gasteiger partial charge < -0.3 is 10.0 Å². The molecule has 1 saturated heterocycles. The predicted molar refractivity (Wildman–Crippen MR) is 104 cm³/mol. The summed E-state index contributed by atoms with van der Waals surface area (Å²) in [5, 5.41) is 17.8. The monoisotopic (exact) mass is 414 g/mol. The van der Waals surface area contributed by atoms with Gasteiger partial charge in [-0.05, 0) is 36.8 Å². The third-order valence-corrected chi connectivity index (χ3v) is 5.80. The Morgan fingerprint density at radius 1 is 1.24 bits per heavy atom. The first kappa shape index (κ1) is 20.3. The maximum atomic E-state index is 12.3. The highest BCUT2D eigenvalue weighted by Gasteiger charge is 2.35. The van der Waals surface area contributed by atoms with Crippen LogP contribution in [-0.4, -0.2) is 43.5 Å². The van der Waals surface area contributed by atoms with Crippen molar-refractivity contribution in [3.63, 3.8) is 0 Å². The van der Waals surface area contributed by atoms with Gasteiger partial charge in [0, 0.05) is 13.1 Å². The molecule has 0 radical (unpaired) electrons. The van der Waals surface area contributed by atoms with Crippen molar-refractivity contribution in [2.75, 3.05) is 18.0 Å². The van der Waals surface area contributed by atoms with E-state index < -0.39 is 27.8 Å². The Balaban J connectivity index is 1.56. The highest BCUT2D eigenvalue weighted by atomic mass is 32.2. The average molecular weight is 414 g/mol. The van der Waals surface area contributed by atoms with E-state index >= 15 is 0 Å². The molecule has 2 N–H and O–H groups in total. The number of aromatic carboxylic acids is 1. The van der Waals surface area contributed by atoms with Crippen LogP contribution in [0.4, 0.5) is 5.82 Å². The van der Waals surface area contributed by atoms with Crippen LogP contribution < -0.4 is 9.62 Å². The minimum atomic E-state index is -3.86. The minimum Gasteiger partial charge on any atom is -0.478 e. The molecular weight excluding hydrogens is 396 g/mol. The molecule has 0 saturated carbocycles. The molecule has 1 aliphatic heterocycles. The van der Waals surface area contributed by atoms with Gasteiger partial charge in [-0.3, -0.25) is 9.52 Å².